The molecule has 1 fully saturated rings. The van der Waals surface area contributed by atoms with E-state index in [9.17, 15) is 9.59 Å². The van der Waals surface area contributed by atoms with Crippen molar-refractivity contribution < 1.29 is 9.59 Å². The molecule has 0 bridgehead atoms. The van der Waals surface area contributed by atoms with Crippen molar-refractivity contribution in [3.8, 4) is 16.9 Å². The Morgan fingerprint density at radius 3 is 2.50 bits per heavy atom. The fraction of sp³-hybridized carbons (Fsp3) is 0.240. The van der Waals surface area contributed by atoms with Gasteiger partial charge in [-0.3, -0.25) is 14.9 Å². The summed E-state index contributed by atoms with van der Waals surface area (Å²) in [6.07, 6.45) is 2.05. The van der Waals surface area contributed by atoms with Crippen molar-refractivity contribution >= 4 is 28.3 Å². The molecule has 0 spiro atoms. The van der Waals surface area contributed by atoms with Crippen molar-refractivity contribution in [3.05, 3.63) is 76.9 Å². The van der Waals surface area contributed by atoms with E-state index in [1.54, 1.807) is 4.68 Å². The Morgan fingerprint density at radius 1 is 1.09 bits per heavy atom. The Morgan fingerprint density at radius 2 is 1.82 bits per heavy atom. The van der Waals surface area contributed by atoms with Gasteiger partial charge in [-0.15, -0.1) is 16.4 Å². The van der Waals surface area contributed by atoms with Gasteiger partial charge < -0.3 is 5.32 Å². The van der Waals surface area contributed by atoms with Crippen molar-refractivity contribution in [1.29, 1.82) is 0 Å². The Hall–Kier alpha value is -3.85. The SMILES string of the molecule is CC(=O)NC(C)c1ccc(-c2csc(NC(=O)c3nnn(-c4ccccc4)c3C3CC3)n2)cc1. The summed E-state index contributed by atoms with van der Waals surface area (Å²) in [6.45, 7) is 3.45. The van der Waals surface area contributed by atoms with E-state index in [-0.39, 0.29) is 17.9 Å². The van der Waals surface area contributed by atoms with Crippen molar-refractivity contribution in [2.24, 2.45) is 0 Å². The van der Waals surface area contributed by atoms with Crippen LogP contribution in [0.1, 0.15) is 60.4 Å². The van der Waals surface area contributed by atoms with Gasteiger partial charge in [0.2, 0.25) is 5.91 Å². The van der Waals surface area contributed by atoms with Gasteiger partial charge in [0.1, 0.15) is 0 Å². The van der Waals surface area contributed by atoms with Crippen LogP contribution in [0.3, 0.4) is 0 Å². The molecule has 0 saturated heterocycles. The fourth-order valence-corrected chi connectivity index (χ4v) is 4.60. The zero-order chi connectivity index (χ0) is 23.7. The highest BCUT2D eigenvalue weighted by Gasteiger charge is 2.34. The second-order valence-electron chi connectivity index (χ2n) is 8.38. The highest BCUT2D eigenvalue weighted by Crippen LogP contribution is 2.42. The van der Waals surface area contributed by atoms with Crippen molar-refractivity contribution in [2.75, 3.05) is 5.32 Å². The summed E-state index contributed by atoms with van der Waals surface area (Å²) >= 11 is 1.36. The number of rotatable bonds is 7. The molecule has 9 heteroatoms. The van der Waals surface area contributed by atoms with Gasteiger partial charge in [-0.1, -0.05) is 47.7 Å². The molecule has 4 aromatic rings. The maximum Gasteiger partial charge on any atom is 0.279 e. The summed E-state index contributed by atoms with van der Waals surface area (Å²) in [4.78, 5) is 28.9. The van der Waals surface area contributed by atoms with Gasteiger partial charge in [0.05, 0.1) is 23.1 Å². The van der Waals surface area contributed by atoms with Gasteiger partial charge in [-0.2, -0.15) is 0 Å². The highest BCUT2D eigenvalue weighted by atomic mass is 32.1. The first-order valence-electron chi connectivity index (χ1n) is 11.1. The molecule has 8 nitrogen and oxygen atoms in total. The number of nitrogens with one attached hydrogen (secondary N) is 2. The van der Waals surface area contributed by atoms with Gasteiger partial charge in [0.15, 0.2) is 10.8 Å². The molecule has 2 amide bonds. The van der Waals surface area contributed by atoms with E-state index >= 15 is 0 Å². The number of hydrogen-bond acceptors (Lipinski definition) is 6. The van der Waals surface area contributed by atoms with Crippen LogP contribution in [0, 0.1) is 0 Å². The molecule has 2 heterocycles. The lowest BCUT2D eigenvalue weighted by atomic mass is 10.1. The fourth-order valence-electron chi connectivity index (χ4n) is 3.88. The Kier molecular flexibility index (Phi) is 5.93. The molecule has 172 valence electrons. The lowest BCUT2D eigenvalue weighted by Gasteiger charge is -2.13. The molecule has 2 aromatic heterocycles. The lowest BCUT2D eigenvalue weighted by Crippen LogP contribution is -2.23. The van der Waals surface area contributed by atoms with Crippen molar-refractivity contribution in [1.82, 2.24) is 25.3 Å². The van der Waals surface area contributed by atoms with Crippen LogP contribution in [0.2, 0.25) is 0 Å². The predicted octanol–water partition coefficient (Wildman–Crippen LogP) is 4.72. The number of benzene rings is 2. The van der Waals surface area contributed by atoms with E-state index in [1.807, 2.05) is 66.9 Å². The Balaban J connectivity index is 1.32. The van der Waals surface area contributed by atoms with Crippen LogP contribution in [0.25, 0.3) is 16.9 Å². The molecular formula is C25H24N6O2S. The van der Waals surface area contributed by atoms with E-state index in [0.29, 0.717) is 16.7 Å². The molecular weight excluding hydrogens is 448 g/mol. The average Bonchev–Trinajstić information content (AvgIpc) is 3.40. The minimum Gasteiger partial charge on any atom is -0.350 e. The molecule has 2 aromatic carbocycles. The summed E-state index contributed by atoms with van der Waals surface area (Å²) in [5.41, 5.74) is 4.81. The van der Waals surface area contributed by atoms with E-state index in [4.69, 9.17) is 0 Å². The zero-order valence-electron chi connectivity index (χ0n) is 18.9. The number of thiazole rings is 1. The Bertz CT molecular complexity index is 1330. The first kappa shape index (κ1) is 22.0. The molecule has 1 saturated carbocycles. The number of aromatic nitrogens is 4. The molecule has 0 radical (unpaired) electrons. The molecule has 1 aliphatic carbocycles. The standard InChI is InChI=1S/C25H24N6O2S/c1-15(26-16(2)32)17-8-10-18(11-9-17)21-14-34-25(27-21)28-24(33)22-23(19-12-13-19)31(30-29-22)20-6-4-3-5-7-20/h3-11,14-15,19H,12-13H2,1-2H3,(H,26,32)(H,27,28,33). The number of amides is 2. The molecule has 1 aliphatic rings. The van der Waals surface area contributed by atoms with Gasteiger partial charge in [-0.05, 0) is 37.5 Å². The minimum absolute atomic E-state index is 0.0647. The quantitative estimate of drug-likeness (QED) is 0.405. The van der Waals surface area contributed by atoms with Crippen LogP contribution in [0.15, 0.2) is 60.0 Å². The van der Waals surface area contributed by atoms with Gasteiger partial charge in [-0.25, -0.2) is 9.67 Å². The molecule has 1 unspecified atom stereocenters. The first-order valence-corrected chi connectivity index (χ1v) is 12.0. The topological polar surface area (TPSA) is 102 Å². The average molecular weight is 473 g/mol. The third-order valence-corrected chi connectivity index (χ3v) is 6.49. The molecule has 5 rings (SSSR count). The predicted molar refractivity (Wildman–Crippen MR) is 131 cm³/mol. The largest absolute Gasteiger partial charge is 0.350 e. The van der Waals surface area contributed by atoms with Crippen LogP contribution < -0.4 is 10.6 Å². The highest BCUT2D eigenvalue weighted by molar-refractivity contribution is 7.14. The van der Waals surface area contributed by atoms with Crippen LogP contribution in [0.4, 0.5) is 5.13 Å². The number of carbonyl (C=O) groups excluding carboxylic acids is 2. The van der Waals surface area contributed by atoms with E-state index in [1.165, 1.54) is 18.3 Å². The first-order chi connectivity index (χ1) is 16.5. The number of carbonyl (C=O) groups is 2. The van der Waals surface area contributed by atoms with Crippen LogP contribution in [0.5, 0.6) is 0 Å². The molecule has 1 atom stereocenters. The zero-order valence-corrected chi connectivity index (χ0v) is 19.7. The normalized spacial score (nSPS) is 13.9. The number of para-hydroxylation sites is 1. The smallest absolute Gasteiger partial charge is 0.279 e. The molecule has 34 heavy (non-hydrogen) atoms. The summed E-state index contributed by atoms with van der Waals surface area (Å²) in [7, 11) is 0. The number of anilines is 1. The van der Waals surface area contributed by atoms with Gasteiger partial charge >= 0.3 is 0 Å². The summed E-state index contributed by atoms with van der Waals surface area (Å²) in [6, 6.07) is 17.5. The second-order valence-corrected chi connectivity index (χ2v) is 9.24. The van der Waals surface area contributed by atoms with Crippen molar-refractivity contribution in [3.63, 3.8) is 0 Å². The maximum atomic E-state index is 13.1. The van der Waals surface area contributed by atoms with Gasteiger partial charge in [0.25, 0.3) is 5.91 Å². The van der Waals surface area contributed by atoms with E-state index in [2.05, 4.69) is 25.9 Å². The van der Waals surface area contributed by atoms with E-state index in [0.717, 1.165) is 41.0 Å². The summed E-state index contributed by atoms with van der Waals surface area (Å²) in [5, 5.41) is 16.7. The van der Waals surface area contributed by atoms with Crippen LogP contribution in [-0.4, -0.2) is 31.8 Å². The lowest BCUT2D eigenvalue weighted by molar-refractivity contribution is -0.119. The third-order valence-electron chi connectivity index (χ3n) is 5.74. The number of hydrogen-bond donors (Lipinski definition) is 2. The molecule has 2 N–H and O–H groups in total. The monoisotopic (exact) mass is 472 g/mol. The maximum absolute atomic E-state index is 13.1. The van der Waals surface area contributed by atoms with E-state index < -0.39 is 0 Å². The summed E-state index contributed by atoms with van der Waals surface area (Å²) in [5.74, 6) is -0.0734. The van der Waals surface area contributed by atoms with Crippen molar-refractivity contribution in [2.45, 2.75) is 38.6 Å². The van der Waals surface area contributed by atoms with Crippen LogP contribution in [-0.2, 0) is 4.79 Å². The Labute approximate surface area is 201 Å². The third kappa shape index (κ3) is 4.60. The minimum atomic E-state index is -0.301. The van der Waals surface area contributed by atoms with Gasteiger partial charge in [0, 0.05) is 23.8 Å². The second kappa shape index (κ2) is 9.18. The number of nitrogens with zero attached hydrogens (tertiary/aromatic N) is 4. The van der Waals surface area contributed by atoms with Crippen LogP contribution >= 0.6 is 11.3 Å². The summed E-state index contributed by atoms with van der Waals surface area (Å²) < 4.78 is 1.77. The molecule has 0 aliphatic heterocycles.